The summed E-state index contributed by atoms with van der Waals surface area (Å²) in [6.45, 7) is 4.94. The van der Waals surface area contributed by atoms with Crippen LogP contribution >= 0.6 is 0 Å². The van der Waals surface area contributed by atoms with E-state index in [2.05, 4.69) is 20.6 Å². The molecule has 0 spiro atoms. The molecular formula is C37H48N6O5. The van der Waals surface area contributed by atoms with Gasteiger partial charge < -0.3 is 20.6 Å². The van der Waals surface area contributed by atoms with Crippen LogP contribution in [0.4, 0.5) is 5.69 Å². The van der Waals surface area contributed by atoms with Crippen LogP contribution < -0.4 is 10.6 Å². The molecule has 256 valence electrons. The van der Waals surface area contributed by atoms with Crippen molar-refractivity contribution < 1.29 is 24.3 Å². The van der Waals surface area contributed by atoms with Crippen LogP contribution in [0.15, 0.2) is 60.8 Å². The fourth-order valence-electron chi connectivity index (χ4n) is 6.91. The molecule has 1 aliphatic carbocycles. The SMILES string of the molecule is CCC(=O)NC(Cc1ccc(NC(=O)[C@@H](CC(=O)c2ccnn2C)C2CCCCC2)cc1)C(=O)N1CCN(Cc2cccc(O)c2)CC1. The van der Waals surface area contributed by atoms with Crippen LogP contribution in [0, 0.1) is 11.8 Å². The van der Waals surface area contributed by atoms with E-state index < -0.39 is 12.0 Å². The van der Waals surface area contributed by atoms with E-state index in [0.29, 0.717) is 50.5 Å². The van der Waals surface area contributed by atoms with Crippen LogP contribution in [0.2, 0.25) is 0 Å². The molecule has 1 aromatic heterocycles. The molecule has 2 atom stereocenters. The lowest BCUT2D eigenvalue weighted by molar-refractivity contribution is -0.138. The average Bonchev–Trinajstić information content (AvgIpc) is 3.53. The summed E-state index contributed by atoms with van der Waals surface area (Å²) >= 11 is 0. The first-order valence-electron chi connectivity index (χ1n) is 17.2. The Bertz CT molecular complexity index is 1560. The first kappa shape index (κ1) is 34.8. The van der Waals surface area contributed by atoms with Crippen molar-refractivity contribution in [2.75, 3.05) is 31.5 Å². The lowest BCUT2D eigenvalue weighted by Gasteiger charge is -2.36. The molecule has 2 heterocycles. The van der Waals surface area contributed by atoms with Gasteiger partial charge >= 0.3 is 0 Å². The highest BCUT2D eigenvalue weighted by atomic mass is 16.3. The minimum atomic E-state index is -0.704. The Hall–Kier alpha value is -4.51. The molecule has 2 fully saturated rings. The third-order valence-corrected chi connectivity index (χ3v) is 9.68. The molecule has 3 amide bonds. The standard InChI is InChI=1S/C37H48N6O5/c1-3-35(46)40-32(37(48)43-20-18-42(19-21-43)25-27-8-7-11-30(44)22-27)23-26-12-14-29(15-13-26)39-36(47)31(28-9-5-4-6-10-28)24-34(45)33-16-17-38-41(33)2/h7-8,11-17,22,28,31-32,44H,3-6,9-10,18-21,23-25H2,1-2H3,(H,39,47)(H,40,46)/t31-,32?/m0/s1. The summed E-state index contributed by atoms with van der Waals surface area (Å²) in [6, 6.07) is 15.6. The van der Waals surface area contributed by atoms with E-state index >= 15 is 0 Å². The highest BCUT2D eigenvalue weighted by molar-refractivity contribution is 6.00. The molecule has 2 aliphatic rings. The number of amides is 3. The first-order valence-corrected chi connectivity index (χ1v) is 17.2. The van der Waals surface area contributed by atoms with Gasteiger partial charge in [0.1, 0.15) is 17.5 Å². The maximum Gasteiger partial charge on any atom is 0.245 e. The molecular weight excluding hydrogens is 608 g/mol. The number of Topliss-reactive ketones (excluding diaryl/α,β-unsaturated/α-hetero) is 1. The van der Waals surface area contributed by atoms with Crippen molar-refractivity contribution in [3.05, 3.63) is 77.6 Å². The monoisotopic (exact) mass is 656 g/mol. The number of anilines is 1. The molecule has 2 aromatic carbocycles. The number of aromatic nitrogens is 2. The van der Waals surface area contributed by atoms with Gasteiger partial charge in [-0.05, 0) is 60.2 Å². The summed E-state index contributed by atoms with van der Waals surface area (Å²) in [5.41, 5.74) is 3.01. The number of phenols is 1. The van der Waals surface area contributed by atoms with Crippen molar-refractivity contribution in [2.24, 2.45) is 18.9 Å². The van der Waals surface area contributed by atoms with Gasteiger partial charge in [-0.2, -0.15) is 5.10 Å². The second-order valence-electron chi connectivity index (χ2n) is 13.1. The molecule has 11 heteroatoms. The highest BCUT2D eigenvalue weighted by Gasteiger charge is 2.33. The Morgan fingerprint density at radius 3 is 2.31 bits per heavy atom. The number of carbonyl (C=O) groups is 4. The van der Waals surface area contributed by atoms with Crippen LogP contribution in [0.3, 0.4) is 0 Å². The Kier molecular flexibility index (Phi) is 12.0. The molecule has 48 heavy (non-hydrogen) atoms. The van der Waals surface area contributed by atoms with Gasteiger partial charge in [-0.3, -0.25) is 28.8 Å². The fraction of sp³-hybridized carbons (Fsp3) is 0.486. The predicted molar refractivity (Wildman–Crippen MR) is 183 cm³/mol. The topological polar surface area (TPSA) is 137 Å². The number of hydrogen-bond donors (Lipinski definition) is 3. The third kappa shape index (κ3) is 9.31. The van der Waals surface area contributed by atoms with Crippen molar-refractivity contribution in [1.29, 1.82) is 0 Å². The average molecular weight is 657 g/mol. The van der Waals surface area contributed by atoms with Gasteiger partial charge in [-0.15, -0.1) is 0 Å². The van der Waals surface area contributed by atoms with Crippen molar-refractivity contribution in [2.45, 2.75) is 70.9 Å². The summed E-state index contributed by atoms with van der Waals surface area (Å²) in [5, 5.41) is 19.9. The van der Waals surface area contributed by atoms with E-state index in [9.17, 15) is 24.3 Å². The zero-order chi connectivity index (χ0) is 34.0. The molecule has 3 N–H and O–H groups in total. The van der Waals surface area contributed by atoms with Crippen molar-refractivity contribution in [3.63, 3.8) is 0 Å². The smallest absolute Gasteiger partial charge is 0.245 e. The van der Waals surface area contributed by atoms with E-state index in [1.807, 2.05) is 41.3 Å². The van der Waals surface area contributed by atoms with Crippen LogP contribution in [0.1, 0.15) is 73.5 Å². The van der Waals surface area contributed by atoms with Gasteiger partial charge in [0, 0.05) is 76.8 Å². The Balaban J connectivity index is 1.20. The summed E-state index contributed by atoms with van der Waals surface area (Å²) in [5.74, 6) is -0.580. The minimum absolute atomic E-state index is 0.0844. The molecule has 1 saturated heterocycles. The molecule has 5 rings (SSSR count). The Labute approximate surface area is 282 Å². The van der Waals surface area contributed by atoms with Crippen molar-refractivity contribution in [3.8, 4) is 5.75 Å². The molecule has 11 nitrogen and oxygen atoms in total. The molecule has 0 radical (unpaired) electrons. The number of piperazine rings is 1. The van der Waals surface area contributed by atoms with Crippen molar-refractivity contribution in [1.82, 2.24) is 24.9 Å². The van der Waals surface area contributed by atoms with Crippen molar-refractivity contribution >= 4 is 29.2 Å². The van der Waals surface area contributed by atoms with Gasteiger partial charge in [-0.25, -0.2) is 0 Å². The number of phenolic OH excluding ortho intramolecular Hbond substituents is 1. The van der Waals surface area contributed by atoms with E-state index in [-0.39, 0.29) is 48.0 Å². The number of ketones is 1. The molecule has 1 saturated carbocycles. The number of nitrogens with one attached hydrogen (secondary N) is 2. The number of carbonyl (C=O) groups excluding carboxylic acids is 4. The van der Waals surface area contributed by atoms with E-state index in [1.54, 1.807) is 43.0 Å². The number of rotatable bonds is 13. The molecule has 1 aliphatic heterocycles. The second kappa shape index (κ2) is 16.5. The number of aromatic hydroxyl groups is 1. The van der Waals surface area contributed by atoms with Gasteiger partial charge in [0.15, 0.2) is 5.78 Å². The Morgan fingerprint density at radius 1 is 0.938 bits per heavy atom. The summed E-state index contributed by atoms with van der Waals surface area (Å²) in [4.78, 5) is 56.9. The maximum absolute atomic E-state index is 13.7. The van der Waals surface area contributed by atoms with Gasteiger partial charge in [0.05, 0.1) is 0 Å². The number of hydrogen-bond acceptors (Lipinski definition) is 7. The second-order valence-corrected chi connectivity index (χ2v) is 13.1. The normalized spacial score (nSPS) is 17.0. The number of aryl methyl sites for hydroxylation is 1. The maximum atomic E-state index is 13.7. The van der Waals surface area contributed by atoms with Crippen LogP contribution in [0.25, 0.3) is 0 Å². The third-order valence-electron chi connectivity index (χ3n) is 9.68. The molecule has 0 bridgehead atoms. The first-order chi connectivity index (χ1) is 23.2. The van der Waals surface area contributed by atoms with Crippen LogP contribution in [0.5, 0.6) is 5.75 Å². The number of nitrogens with zero attached hydrogens (tertiary/aromatic N) is 4. The van der Waals surface area contributed by atoms with E-state index in [0.717, 1.165) is 43.2 Å². The summed E-state index contributed by atoms with van der Waals surface area (Å²) in [6.07, 6.45) is 7.47. The highest BCUT2D eigenvalue weighted by Crippen LogP contribution is 2.33. The Morgan fingerprint density at radius 2 is 1.67 bits per heavy atom. The largest absolute Gasteiger partial charge is 0.508 e. The lowest BCUT2D eigenvalue weighted by Crippen LogP contribution is -2.55. The predicted octanol–water partition coefficient (Wildman–Crippen LogP) is 4.32. The minimum Gasteiger partial charge on any atom is -0.508 e. The van der Waals surface area contributed by atoms with E-state index in [1.165, 1.54) is 0 Å². The lowest BCUT2D eigenvalue weighted by atomic mass is 9.77. The zero-order valence-corrected chi connectivity index (χ0v) is 28.1. The molecule has 3 aromatic rings. The van der Waals surface area contributed by atoms with Crippen LogP contribution in [-0.4, -0.2) is 80.4 Å². The quantitative estimate of drug-likeness (QED) is 0.233. The summed E-state index contributed by atoms with van der Waals surface area (Å²) in [7, 11) is 1.73. The van der Waals surface area contributed by atoms with Crippen LogP contribution in [-0.2, 0) is 34.4 Å². The fourth-order valence-corrected chi connectivity index (χ4v) is 6.91. The summed E-state index contributed by atoms with van der Waals surface area (Å²) < 4.78 is 1.55. The van der Waals surface area contributed by atoms with Gasteiger partial charge in [-0.1, -0.05) is 50.5 Å². The van der Waals surface area contributed by atoms with Gasteiger partial charge in [0.25, 0.3) is 0 Å². The van der Waals surface area contributed by atoms with Gasteiger partial charge in [0.2, 0.25) is 17.7 Å². The molecule has 1 unspecified atom stereocenters. The van der Waals surface area contributed by atoms with E-state index in [4.69, 9.17) is 0 Å². The number of benzene rings is 2. The zero-order valence-electron chi connectivity index (χ0n) is 28.1.